The Morgan fingerprint density at radius 1 is 1.50 bits per heavy atom. The smallest absolute Gasteiger partial charge is 0.257 e. The Kier molecular flexibility index (Phi) is 5.45. The van der Waals surface area contributed by atoms with Crippen LogP contribution >= 0.6 is 0 Å². The fourth-order valence-electron chi connectivity index (χ4n) is 1.50. The van der Waals surface area contributed by atoms with E-state index in [1.165, 1.54) is 0 Å². The third kappa shape index (κ3) is 3.92. The number of benzene rings is 1. The van der Waals surface area contributed by atoms with Crippen LogP contribution in [0.2, 0.25) is 0 Å². The van der Waals surface area contributed by atoms with Crippen LogP contribution in [-0.4, -0.2) is 31.3 Å². The molecule has 0 aromatic heterocycles. The number of hydrogen-bond donors (Lipinski definition) is 2. The molecule has 0 aliphatic heterocycles. The first kappa shape index (κ1) is 14.3. The molecule has 1 aromatic carbocycles. The molecule has 1 amide bonds. The summed E-state index contributed by atoms with van der Waals surface area (Å²) in [6, 6.07) is 5.11. The van der Waals surface area contributed by atoms with Gasteiger partial charge in [0.25, 0.3) is 5.91 Å². The van der Waals surface area contributed by atoms with Crippen LogP contribution in [0.3, 0.4) is 0 Å². The molecule has 5 nitrogen and oxygen atoms in total. The van der Waals surface area contributed by atoms with E-state index in [0.29, 0.717) is 23.6 Å². The number of methoxy groups -OCH3 is 1. The van der Waals surface area contributed by atoms with E-state index in [-0.39, 0.29) is 12.5 Å². The van der Waals surface area contributed by atoms with Crippen molar-refractivity contribution in [3.8, 4) is 11.5 Å². The van der Waals surface area contributed by atoms with Gasteiger partial charge in [-0.15, -0.1) is 0 Å². The molecule has 1 aromatic rings. The second kappa shape index (κ2) is 6.86. The predicted molar refractivity (Wildman–Crippen MR) is 67.8 cm³/mol. The highest BCUT2D eigenvalue weighted by atomic mass is 16.5. The average molecular weight is 253 g/mol. The summed E-state index contributed by atoms with van der Waals surface area (Å²) in [5.74, 6) is 0.873. The van der Waals surface area contributed by atoms with Crippen LogP contribution in [0.5, 0.6) is 11.5 Å². The SMILES string of the molecule is CCNC(=O)COc1cc(OC)ccc1[C@@H](C)O. The van der Waals surface area contributed by atoms with Crippen LogP contribution in [0.1, 0.15) is 25.5 Å². The topological polar surface area (TPSA) is 67.8 Å². The molecule has 1 rings (SSSR count). The number of ether oxygens (including phenoxy) is 2. The highest BCUT2D eigenvalue weighted by molar-refractivity contribution is 5.77. The van der Waals surface area contributed by atoms with Gasteiger partial charge in [0.1, 0.15) is 11.5 Å². The van der Waals surface area contributed by atoms with Crippen LogP contribution in [0.4, 0.5) is 0 Å². The molecule has 0 unspecified atom stereocenters. The van der Waals surface area contributed by atoms with Gasteiger partial charge in [-0.2, -0.15) is 0 Å². The Bertz CT molecular complexity index is 404. The number of carbonyl (C=O) groups is 1. The van der Waals surface area contributed by atoms with Crippen molar-refractivity contribution in [2.24, 2.45) is 0 Å². The largest absolute Gasteiger partial charge is 0.497 e. The highest BCUT2D eigenvalue weighted by Crippen LogP contribution is 2.29. The second-order valence-electron chi connectivity index (χ2n) is 3.82. The number of nitrogens with one attached hydrogen (secondary N) is 1. The molecule has 2 N–H and O–H groups in total. The van der Waals surface area contributed by atoms with E-state index in [1.54, 1.807) is 32.2 Å². The minimum Gasteiger partial charge on any atom is -0.497 e. The number of aliphatic hydroxyl groups is 1. The van der Waals surface area contributed by atoms with Gasteiger partial charge in [-0.3, -0.25) is 4.79 Å². The van der Waals surface area contributed by atoms with Crippen LogP contribution in [0.15, 0.2) is 18.2 Å². The number of hydrogen-bond acceptors (Lipinski definition) is 4. The van der Waals surface area contributed by atoms with Gasteiger partial charge in [0.05, 0.1) is 13.2 Å². The van der Waals surface area contributed by atoms with Crippen LogP contribution < -0.4 is 14.8 Å². The zero-order chi connectivity index (χ0) is 13.5. The quantitative estimate of drug-likeness (QED) is 0.801. The maximum atomic E-state index is 11.3. The molecular weight excluding hydrogens is 234 g/mol. The number of rotatable bonds is 6. The van der Waals surface area contributed by atoms with Crippen LogP contribution in [-0.2, 0) is 4.79 Å². The first-order valence-electron chi connectivity index (χ1n) is 5.84. The molecule has 18 heavy (non-hydrogen) atoms. The van der Waals surface area contributed by atoms with Gasteiger partial charge >= 0.3 is 0 Å². The Balaban J connectivity index is 2.80. The standard InChI is InChI=1S/C13H19NO4/c1-4-14-13(16)8-18-12-7-10(17-3)5-6-11(12)9(2)15/h5-7,9,15H,4,8H2,1-3H3,(H,14,16)/t9-/m1/s1. The minimum absolute atomic E-state index is 0.0826. The molecule has 0 spiro atoms. The lowest BCUT2D eigenvalue weighted by Crippen LogP contribution is -2.28. The maximum Gasteiger partial charge on any atom is 0.257 e. The van der Waals surface area contributed by atoms with Gasteiger partial charge in [0, 0.05) is 18.2 Å². The average Bonchev–Trinajstić information content (AvgIpc) is 2.36. The van der Waals surface area contributed by atoms with Crippen LogP contribution in [0, 0.1) is 0 Å². The monoisotopic (exact) mass is 253 g/mol. The van der Waals surface area contributed by atoms with Crippen molar-refractivity contribution in [2.75, 3.05) is 20.3 Å². The highest BCUT2D eigenvalue weighted by Gasteiger charge is 2.12. The first-order chi connectivity index (χ1) is 8.58. The van der Waals surface area contributed by atoms with Crippen LogP contribution in [0.25, 0.3) is 0 Å². The van der Waals surface area contributed by atoms with Gasteiger partial charge in [-0.25, -0.2) is 0 Å². The van der Waals surface area contributed by atoms with E-state index in [9.17, 15) is 9.90 Å². The van der Waals surface area contributed by atoms with Crippen molar-refractivity contribution < 1.29 is 19.4 Å². The second-order valence-corrected chi connectivity index (χ2v) is 3.82. The van der Waals surface area contributed by atoms with Gasteiger partial charge in [-0.1, -0.05) is 0 Å². The summed E-state index contributed by atoms with van der Waals surface area (Å²) in [4.78, 5) is 11.3. The molecule has 0 bridgehead atoms. The molecule has 1 atom stereocenters. The van der Waals surface area contributed by atoms with E-state index in [0.717, 1.165) is 0 Å². The van der Waals surface area contributed by atoms with Crippen molar-refractivity contribution in [2.45, 2.75) is 20.0 Å². The van der Waals surface area contributed by atoms with Crippen molar-refractivity contribution in [3.63, 3.8) is 0 Å². The van der Waals surface area contributed by atoms with Crippen molar-refractivity contribution >= 4 is 5.91 Å². The van der Waals surface area contributed by atoms with Crippen molar-refractivity contribution in [3.05, 3.63) is 23.8 Å². The Labute approximate surface area is 107 Å². The number of carbonyl (C=O) groups excluding carboxylic acids is 1. The normalized spacial score (nSPS) is 11.8. The predicted octanol–water partition coefficient (Wildman–Crippen LogP) is 1.26. The third-order valence-electron chi connectivity index (χ3n) is 2.40. The van der Waals surface area contributed by atoms with E-state index >= 15 is 0 Å². The van der Waals surface area contributed by atoms with Gasteiger partial charge in [-0.05, 0) is 26.0 Å². The molecule has 0 heterocycles. The molecule has 0 radical (unpaired) electrons. The van der Waals surface area contributed by atoms with Gasteiger partial charge in [0.15, 0.2) is 6.61 Å². The first-order valence-corrected chi connectivity index (χ1v) is 5.84. The van der Waals surface area contributed by atoms with E-state index < -0.39 is 6.10 Å². The summed E-state index contributed by atoms with van der Waals surface area (Å²) < 4.78 is 10.5. The lowest BCUT2D eigenvalue weighted by Gasteiger charge is -2.14. The van der Waals surface area contributed by atoms with E-state index in [2.05, 4.69) is 5.32 Å². The van der Waals surface area contributed by atoms with Crippen molar-refractivity contribution in [1.29, 1.82) is 0 Å². The summed E-state index contributed by atoms with van der Waals surface area (Å²) in [5, 5.41) is 12.3. The molecule has 0 aliphatic rings. The fourth-order valence-corrected chi connectivity index (χ4v) is 1.50. The molecule has 0 saturated heterocycles. The molecule has 0 fully saturated rings. The fraction of sp³-hybridized carbons (Fsp3) is 0.462. The zero-order valence-corrected chi connectivity index (χ0v) is 10.9. The van der Waals surface area contributed by atoms with E-state index in [4.69, 9.17) is 9.47 Å². The van der Waals surface area contributed by atoms with Crippen molar-refractivity contribution in [1.82, 2.24) is 5.32 Å². The lowest BCUT2D eigenvalue weighted by atomic mass is 10.1. The summed E-state index contributed by atoms with van der Waals surface area (Å²) in [6.07, 6.45) is -0.667. The van der Waals surface area contributed by atoms with Gasteiger partial charge < -0.3 is 19.9 Å². The summed E-state index contributed by atoms with van der Waals surface area (Å²) in [5.41, 5.74) is 0.625. The Morgan fingerprint density at radius 3 is 2.78 bits per heavy atom. The lowest BCUT2D eigenvalue weighted by molar-refractivity contribution is -0.123. The maximum absolute atomic E-state index is 11.3. The molecular formula is C13H19NO4. The Hall–Kier alpha value is -1.75. The third-order valence-corrected chi connectivity index (χ3v) is 2.40. The molecule has 100 valence electrons. The van der Waals surface area contributed by atoms with Gasteiger partial charge in [0.2, 0.25) is 0 Å². The summed E-state index contributed by atoms with van der Waals surface area (Å²) >= 11 is 0. The number of likely N-dealkylation sites (N-methyl/N-ethyl adjacent to an activating group) is 1. The number of aliphatic hydroxyl groups excluding tert-OH is 1. The Morgan fingerprint density at radius 2 is 2.22 bits per heavy atom. The molecule has 0 saturated carbocycles. The summed E-state index contributed by atoms with van der Waals surface area (Å²) in [7, 11) is 1.55. The molecule has 5 heteroatoms. The summed E-state index contributed by atoms with van der Waals surface area (Å²) in [6.45, 7) is 3.95. The molecule has 0 aliphatic carbocycles. The van der Waals surface area contributed by atoms with E-state index in [1.807, 2.05) is 6.92 Å². The number of amides is 1. The zero-order valence-electron chi connectivity index (χ0n) is 10.9. The minimum atomic E-state index is -0.667.